The van der Waals surface area contributed by atoms with Crippen molar-refractivity contribution in [2.75, 3.05) is 13.2 Å². The highest BCUT2D eigenvalue weighted by Gasteiger charge is 2.26. The highest BCUT2D eigenvalue weighted by Crippen LogP contribution is 2.28. The maximum absolute atomic E-state index is 5.74. The second-order valence-electron chi connectivity index (χ2n) is 5.10. The minimum Gasteiger partial charge on any atom is -0.377 e. The van der Waals surface area contributed by atoms with Crippen LogP contribution in [0.15, 0.2) is 0 Å². The SMILES string of the molecule is CCC1CCCC1NCC1CCCCO1. The molecule has 88 valence electrons. The topological polar surface area (TPSA) is 21.3 Å². The lowest BCUT2D eigenvalue weighted by Gasteiger charge is -2.26. The summed E-state index contributed by atoms with van der Waals surface area (Å²) in [6.45, 7) is 4.39. The minimum absolute atomic E-state index is 0.497. The molecule has 2 fully saturated rings. The summed E-state index contributed by atoms with van der Waals surface area (Å²) in [6, 6.07) is 0.778. The molecule has 0 spiro atoms. The maximum atomic E-state index is 5.74. The Labute approximate surface area is 93.8 Å². The van der Waals surface area contributed by atoms with Crippen molar-refractivity contribution in [1.29, 1.82) is 0 Å². The molecular formula is C13H25NO. The van der Waals surface area contributed by atoms with Gasteiger partial charge in [0, 0.05) is 19.2 Å². The van der Waals surface area contributed by atoms with E-state index in [1.807, 2.05) is 0 Å². The van der Waals surface area contributed by atoms with Crippen molar-refractivity contribution < 1.29 is 4.74 Å². The van der Waals surface area contributed by atoms with E-state index in [4.69, 9.17) is 4.74 Å². The fourth-order valence-electron chi connectivity index (χ4n) is 3.05. The predicted molar refractivity (Wildman–Crippen MR) is 63.0 cm³/mol. The third-order valence-corrected chi connectivity index (χ3v) is 4.07. The fraction of sp³-hybridized carbons (Fsp3) is 1.00. The van der Waals surface area contributed by atoms with Gasteiger partial charge in [0.15, 0.2) is 0 Å². The molecule has 1 aliphatic heterocycles. The Morgan fingerprint density at radius 3 is 2.80 bits per heavy atom. The van der Waals surface area contributed by atoms with Crippen LogP contribution in [-0.2, 0) is 4.74 Å². The van der Waals surface area contributed by atoms with Crippen LogP contribution in [0.2, 0.25) is 0 Å². The van der Waals surface area contributed by atoms with Gasteiger partial charge in [-0.25, -0.2) is 0 Å². The Morgan fingerprint density at radius 2 is 2.07 bits per heavy atom. The van der Waals surface area contributed by atoms with Crippen molar-refractivity contribution in [3.8, 4) is 0 Å². The molecule has 0 aromatic heterocycles. The maximum Gasteiger partial charge on any atom is 0.0699 e. The van der Waals surface area contributed by atoms with Crippen LogP contribution < -0.4 is 5.32 Å². The number of rotatable bonds is 4. The molecule has 1 saturated heterocycles. The molecule has 2 rings (SSSR count). The van der Waals surface area contributed by atoms with E-state index in [9.17, 15) is 0 Å². The van der Waals surface area contributed by atoms with Crippen LogP contribution in [0.5, 0.6) is 0 Å². The van der Waals surface area contributed by atoms with Crippen molar-refractivity contribution in [2.24, 2.45) is 5.92 Å². The van der Waals surface area contributed by atoms with E-state index in [-0.39, 0.29) is 0 Å². The van der Waals surface area contributed by atoms with Gasteiger partial charge in [0.25, 0.3) is 0 Å². The third kappa shape index (κ3) is 3.18. The monoisotopic (exact) mass is 211 g/mol. The Kier molecular flexibility index (Phi) is 4.45. The standard InChI is InChI=1S/C13H25NO/c1-2-11-6-5-8-13(11)14-10-12-7-3-4-9-15-12/h11-14H,2-10H2,1H3. The first-order valence-electron chi connectivity index (χ1n) is 6.75. The van der Waals surface area contributed by atoms with Gasteiger partial charge in [0.1, 0.15) is 0 Å². The fourth-order valence-corrected chi connectivity index (χ4v) is 3.05. The first-order valence-corrected chi connectivity index (χ1v) is 6.75. The lowest BCUT2D eigenvalue weighted by atomic mass is 10.00. The van der Waals surface area contributed by atoms with Crippen LogP contribution in [0.3, 0.4) is 0 Å². The van der Waals surface area contributed by atoms with Crippen molar-refractivity contribution in [3.63, 3.8) is 0 Å². The van der Waals surface area contributed by atoms with E-state index in [0.717, 1.165) is 25.1 Å². The summed E-state index contributed by atoms with van der Waals surface area (Å²) in [5.41, 5.74) is 0. The molecule has 1 N–H and O–H groups in total. The summed E-state index contributed by atoms with van der Waals surface area (Å²) < 4.78 is 5.74. The average molecular weight is 211 g/mol. The molecule has 0 aromatic carbocycles. The van der Waals surface area contributed by atoms with Crippen LogP contribution in [-0.4, -0.2) is 25.3 Å². The first kappa shape index (κ1) is 11.4. The van der Waals surface area contributed by atoms with Gasteiger partial charge in [-0.3, -0.25) is 0 Å². The largest absolute Gasteiger partial charge is 0.377 e. The molecule has 3 unspecified atom stereocenters. The second kappa shape index (κ2) is 5.86. The molecule has 0 aromatic rings. The normalized spacial score (nSPS) is 37.0. The highest BCUT2D eigenvalue weighted by molar-refractivity contribution is 4.83. The van der Waals surface area contributed by atoms with Crippen LogP contribution in [0.25, 0.3) is 0 Å². The molecule has 2 heteroatoms. The molecule has 3 atom stereocenters. The molecule has 1 saturated carbocycles. The highest BCUT2D eigenvalue weighted by atomic mass is 16.5. The Morgan fingerprint density at radius 1 is 1.13 bits per heavy atom. The summed E-state index contributed by atoms with van der Waals surface area (Å²) in [5, 5.41) is 3.73. The Balaban J connectivity index is 1.67. The number of hydrogen-bond donors (Lipinski definition) is 1. The van der Waals surface area contributed by atoms with Gasteiger partial charge >= 0.3 is 0 Å². The molecule has 2 nitrogen and oxygen atoms in total. The second-order valence-corrected chi connectivity index (χ2v) is 5.10. The summed E-state index contributed by atoms with van der Waals surface area (Å²) in [6.07, 6.45) is 9.94. The van der Waals surface area contributed by atoms with Crippen LogP contribution in [0, 0.1) is 5.92 Å². The van der Waals surface area contributed by atoms with E-state index in [1.54, 1.807) is 0 Å². The summed E-state index contributed by atoms with van der Waals surface area (Å²) >= 11 is 0. The smallest absolute Gasteiger partial charge is 0.0699 e. The molecule has 0 bridgehead atoms. The van der Waals surface area contributed by atoms with E-state index >= 15 is 0 Å². The molecule has 1 aliphatic carbocycles. The van der Waals surface area contributed by atoms with Gasteiger partial charge in [0.2, 0.25) is 0 Å². The van der Waals surface area contributed by atoms with Crippen molar-refractivity contribution >= 4 is 0 Å². The molecule has 0 amide bonds. The van der Waals surface area contributed by atoms with Crippen molar-refractivity contribution in [1.82, 2.24) is 5.32 Å². The predicted octanol–water partition coefficient (Wildman–Crippen LogP) is 2.72. The van der Waals surface area contributed by atoms with Crippen molar-refractivity contribution in [2.45, 2.75) is 64.0 Å². The lowest BCUT2D eigenvalue weighted by molar-refractivity contribution is 0.0146. The molecule has 15 heavy (non-hydrogen) atoms. The zero-order chi connectivity index (χ0) is 10.5. The van der Waals surface area contributed by atoms with Gasteiger partial charge in [-0.2, -0.15) is 0 Å². The van der Waals surface area contributed by atoms with E-state index in [0.29, 0.717) is 6.10 Å². The number of hydrogen-bond acceptors (Lipinski definition) is 2. The molecule has 2 aliphatic rings. The Bertz CT molecular complexity index is 177. The van der Waals surface area contributed by atoms with E-state index < -0.39 is 0 Å². The van der Waals surface area contributed by atoms with Gasteiger partial charge < -0.3 is 10.1 Å². The van der Waals surface area contributed by atoms with Crippen LogP contribution in [0.4, 0.5) is 0 Å². The van der Waals surface area contributed by atoms with Crippen LogP contribution >= 0.6 is 0 Å². The van der Waals surface area contributed by atoms with Gasteiger partial charge in [-0.1, -0.05) is 19.8 Å². The van der Waals surface area contributed by atoms with Gasteiger partial charge in [-0.15, -0.1) is 0 Å². The van der Waals surface area contributed by atoms with E-state index in [1.165, 1.54) is 44.9 Å². The molecule has 0 radical (unpaired) electrons. The number of nitrogens with one attached hydrogen (secondary N) is 1. The van der Waals surface area contributed by atoms with E-state index in [2.05, 4.69) is 12.2 Å². The van der Waals surface area contributed by atoms with Crippen LogP contribution in [0.1, 0.15) is 51.9 Å². The minimum atomic E-state index is 0.497. The zero-order valence-corrected chi connectivity index (χ0v) is 10.0. The van der Waals surface area contributed by atoms with Gasteiger partial charge in [-0.05, 0) is 38.0 Å². The summed E-state index contributed by atoms with van der Waals surface area (Å²) in [7, 11) is 0. The lowest BCUT2D eigenvalue weighted by Crippen LogP contribution is -2.39. The summed E-state index contributed by atoms with van der Waals surface area (Å²) in [4.78, 5) is 0. The third-order valence-electron chi connectivity index (χ3n) is 4.07. The first-order chi connectivity index (χ1) is 7.40. The average Bonchev–Trinajstić information content (AvgIpc) is 2.75. The molecule has 1 heterocycles. The van der Waals surface area contributed by atoms with Crippen molar-refractivity contribution in [3.05, 3.63) is 0 Å². The molecular weight excluding hydrogens is 186 g/mol. The zero-order valence-electron chi connectivity index (χ0n) is 10.0. The number of ether oxygens (including phenoxy) is 1. The quantitative estimate of drug-likeness (QED) is 0.772. The Hall–Kier alpha value is -0.0800. The summed E-state index contributed by atoms with van der Waals surface area (Å²) in [5.74, 6) is 0.925. The van der Waals surface area contributed by atoms with Gasteiger partial charge in [0.05, 0.1) is 6.10 Å².